The molecule has 2 atom stereocenters. The van der Waals surface area contributed by atoms with Gasteiger partial charge in [-0.3, -0.25) is 0 Å². The number of hydrogen-bond donors (Lipinski definition) is 2. The van der Waals surface area contributed by atoms with Crippen LogP contribution in [0, 0.1) is 0 Å². The smallest absolute Gasteiger partial charge is 0.0925 e. The van der Waals surface area contributed by atoms with Crippen LogP contribution in [0.2, 0.25) is 0 Å². The van der Waals surface area contributed by atoms with Gasteiger partial charge in [-0.15, -0.1) is 0 Å². The molecule has 0 aromatic heterocycles. The zero-order chi connectivity index (χ0) is 9.56. The van der Waals surface area contributed by atoms with Gasteiger partial charge >= 0.3 is 0 Å². The van der Waals surface area contributed by atoms with E-state index in [9.17, 15) is 10.2 Å². The molecule has 1 fully saturated rings. The largest absolute Gasteiger partial charge is 0.390 e. The molecule has 0 aromatic carbocycles. The van der Waals surface area contributed by atoms with Gasteiger partial charge < -0.3 is 15.1 Å². The highest BCUT2D eigenvalue weighted by Gasteiger charge is 2.20. The Hall–Kier alpha value is -0.120. The van der Waals surface area contributed by atoms with E-state index >= 15 is 0 Å². The Kier molecular flexibility index (Phi) is 6.34. The highest BCUT2D eigenvalue weighted by molar-refractivity contribution is 4.74. The summed E-state index contributed by atoms with van der Waals surface area (Å²) in [5.74, 6) is 0. The number of aliphatic hydroxyl groups is 2. The SMILES string of the molecule is CC.CN1CCCC(O)C(O)C1. The lowest BCUT2D eigenvalue weighted by atomic mass is 10.1. The minimum absolute atomic E-state index is 0.509. The fourth-order valence-electron chi connectivity index (χ4n) is 1.30. The summed E-state index contributed by atoms with van der Waals surface area (Å²) >= 11 is 0. The van der Waals surface area contributed by atoms with Gasteiger partial charge in [0.2, 0.25) is 0 Å². The first-order valence-electron chi connectivity index (χ1n) is 4.75. The molecule has 1 saturated heterocycles. The van der Waals surface area contributed by atoms with Gasteiger partial charge in [-0.25, -0.2) is 0 Å². The Labute approximate surface area is 75.0 Å². The van der Waals surface area contributed by atoms with Crippen molar-refractivity contribution < 1.29 is 10.2 Å². The Bertz CT molecular complexity index is 109. The van der Waals surface area contributed by atoms with Crippen LogP contribution in [0.15, 0.2) is 0 Å². The molecular weight excluding hydrogens is 154 g/mol. The van der Waals surface area contributed by atoms with E-state index in [1.807, 2.05) is 25.8 Å². The van der Waals surface area contributed by atoms with Crippen LogP contribution < -0.4 is 0 Å². The summed E-state index contributed by atoms with van der Waals surface area (Å²) < 4.78 is 0. The van der Waals surface area contributed by atoms with Crippen molar-refractivity contribution in [3.8, 4) is 0 Å². The predicted molar refractivity (Wildman–Crippen MR) is 50.1 cm³/mol. The summed E-state index contributed by atoms with van der Waals surface area (Å²) in [6.07, 6.45) is 0.651. The Morgan fingerprint density at radius 1 is 1.17 bits per heavy atom. The van der Waals surface area contributed by atoms with Gasteiger partial charge in [-0.1, -0.05) is 13.8 Å². The molecule has 0 spiro atoms. The number of hydrogen-bond acceptors (Lipinski definition) is 3. The highest BCUT2D eigenvalue weighted by Crippen LogP contribution is 2.09. The first-order chi connectivity index (χ1) is 5.70. The average molecular weight is 175 g/mol. The fraction of sp³-hybridized carbons (Fsp3) is 1.00. The van der Waals surface area contributed by atoms with Gasteiger partial charge in [0.15, 0.2) is 0 Å². The normalized spacial score (nSPS) is 31.8. The molecule has 1 aliphatic heterocycles. The maximum atomic E-state index is 9.24. The third kappa shape index (κ3) is 4.04. The zero-order valence-corrected chi connectivity index (χ0v) is 8.32. The molecular formula is C9H21NO2. The summed E-state index contributed by atoms with van der Waals surface area (Å²) in [6, 6.07) is 0. The molecule has 0 aliphatic carbocycles. The second-order valence-corrected chi connectivity index (χ2v) is 3.04. The van der Waals surface area contributed by atoms with Crippen LogP contribution >= 0.6 is 0 Å². The molecule has 2 unspecified atom stereocenters. The lowest BCUT2D eigenvalue weighted by Gasteiger charge is -2.17. The molecule has 0 amide bonds. The van der Waals surface area contributed by atoms with E-state index in [1.54, 1.807) is 0 Å². The number of rotatable bonds is 0. The van der Waals surface area contributed by atoms with Crippen LogP contribution in [-0.2, 0) is 0 Å². The van der Waals surface area contributed by atoms with E-state index in [0.29, 0.717) is 6.54 Å². The summed E-state index contributed by atoms with van der Waals surface area (Å²) in [5.41, 5.74) is 0. The monoisotopic (exact) mass is 175 g/mol. The van der Waals surface area contributed by atoms with E-state index < -0.39 is 12.2 Å². The summed E-state index contributed by atoms with van der Waals surface area (Å²) in [6.45, 7) is 5.58. The van der Waals surface area contributed by atoms with Crippen molar-refractivity contribution >= 4 is 0 Å². The Morgan fingerprint density at radius 3 is 2.33 bits per heavy atom. The molecule has 1 aliphatic rings. The molecule has 0 bridgehead atoms. The number of likely N-dealkylation sites (tertiary alicyclic amines) is 1. The minimum Gasteiger partial charge on any atom is -0.390 e. The van der Waals surface area contributed by atoms with Gasteiger partial charge in [-0.05, 0) is 26.4 Å². The van der Waals surface area contributed by atoms with Crippen molar-refractivity contribution in [2.75, 3.05) is 20.1 Å². The van der Waals surface area contributed by atoms with E-state index in [2.05, 4.69) is 0 Å². The number of β-amino-alcohol motifs (C(OH)–C–C–N with tert-alkyl or cyclic N) is 1. The van der Waals surface area contributed by atoms with E-state index in [1.165, 1.54) is 0 Å². The number of likely N-dealkylation sites (N-methyl/N-ethyl adjacent to an activating group) is 1. The van der Waals surface area contributed by atoms with Gasteiger partial charge in [-0.2, -0.15) is 0 Å². The van der Waals surface area contributed by atoms with Crippen LogP contribution in [-0.4, -0.2) is 47.5 Å². The molecule has 0 radical (unpaired) electrons. The summed E-state index contributed by atoms with van der Waals surface area (Å²) in [5, 5.41) is 18.4. The minimum atomic E-state index is -0.549. The zero-order valence-electron chi connectivity index (χ0n) is 8.32. The standard InChI is InChI=1S/C7H15NO2.C2H6/c1-8-4-2-3-6(9)7(10)5-8;1-2/h6-7,9-10H,2-5H2,1H3;1-2H3. The molecule has 1 rings (SSSR count). The molecule has 1 heterocycles. The van der Waals surface area contributed by atoms with Crippen molar-refractivity contribution in [1.29, 1.82) is 0 Å². The Morgan fingerprint density at radius 2 is 1.75 bits per heavy atom. The molecule has 0 saturated carbocycles. The van der Waals surface area contributed by atoms with Crippen LogP contribution in [0.5, 0.6) is 0 Å². The second-order valence-electron chi connectivity index (χ2n) is 3.04. The number of aliphatic hydroxyl groups excluding tert-OH is 2. The predicted octanol–water partition coefficient (Wildman–Crippen LogP) is 0.460. The van der Waals surface area contributed by atoms with Crippen LogP contribution in [0.4, 0.5) is 0 Å². The molecule has 2 N–H and O–H groups in total. The first kappa shape index (κ1) is 11.9. The summed E-state index contributed by atoms with van der Waals surface area (Å²) in [4.78, 5) is 2.04. The van der Waals surface area contributed by atoms with Crippen LogP contribution in [0.1, 0.15) is 26.7 Å². The van der Waals surface area contributed by atoms with Crippen molar-refractivity contribution in [1.82, 2.24) is 4.90 Å². The maximum absolute atomic E-state index is 9.24. The van der Waals surface area contributed by atoms with Crippen LogP contribution in [0.3, 0.4) is 0 Å². The highest BCUT2D eigenvalue weighted by atomic mass is 16.3. The molecule has 74 valence electrons. The van der Waals surface area contributed by atoms with Crippen molar-refractivity contribution in [3.63, 3.8) is 0 Å². The first-order valence-corrected chi connectivity index (χ1v) is 4.75. The molecule has 12 heavy (non-hydrogen) atoms. The van der Waals surface area contributed by atoms with Gasteiger partial charge in [0.25, 0.3) is 0 Å². The summed E-state index contributed by atoms with van der Waals surface area (Å²) in [7, 11) is 1.96. The van der Waals surface area contributed by atoms with Crippen molar-refractivity contribution in [3.05, 3.63) is 0 Å². The number of nitrogens with zero attached hydrogens (tertiary/aromatic N) is 1. The van der Waals surface area contributed by atoms with Crippen molar-refractivity contribution in [2.45, 2.75) is 38.9 Å². The van der Waals surface area contributed by atoms with Crippen molar-refractivity contribution in [2.24, 2.45) is 0 Å². The molecule has 0 aromatic rings. The van der Waals surface area contributed by atoms with Crippen LogP contribution in [0.25, 0.3) is 0 Å². The second kappa shape index (κ2) is 6.40. The third-order valence-corrected chi connectivity index (χ3v) is 1.98. The van der Waals surface area contributed by atoms with E-state index in [-0.39, 0.29) is 0 Å². The maximum Gasteiger partial charge on any atom is 0.0925 e. The fourth-order valence-corrected chi connectivity index (χ4v) is 1.30. The average Bonchev–Trinajstić information content (AvgIpc) is 2.19. The molecule has 3 nitrogen and oxygen atoms in total. The Balaban J connectivity index is 0.000000561. The van der Waals surface area contributed by atoms with Gasteiger partial charge in [0.05, 0.1) is 12.2 Å². The van der Waals surface area contributed by atoms with E-state index in [4.69, 9.17) is 0 Å². The molecule has 3 heteroatoms. The van der Waals surface area contributed by atoms with Gasteiger partial charge in [0.1, 0.15) is 0 Å². The lowest BCUT2D eigenvalue weighted by Crippen LogP contribution is -2.33. The lowest BCUT2D eigenvalue weighted by molar-refractivity contribution is 0.0116. The van der Waals surface area contributed by atoms with E-state index in [0.717, 1.165) is 19.4 Å². The quantitative estimate of drug-likeness (QED) is 0.562. The third-order valence-electron chi connectivity index (χ3n) is 1.98. The topological polar surface area (TPSA) is 43.7 Å². The van der Waals surface area contributed by atoms with Gasteiger partial charge in [0, 0.05) is 6.54 Å².